The standard InChI is InChI=1S/C24H28FN3O/c1-17-8-7-10-19(14-17)22-15-23(20-11-3-4-12-21(20)25)28(26-22)24(29)16-27-13-6-5-9-18(27)2/h3-4,7-8,10-12,14,18,23H,5-6,9,13,15-16H2,1-2H3. The summed E-state index contributed by atoms with van der Waals surface area (Å²) in [5.74, 6) is -0.350. The van der Waals surface area contributed by atoms with Crippen LogP contribution in [0.3, 0.4) is 0 Å². The van der Waals surface area contributed by atoms with Crippen molar-refractivity contribution in [2.45, 2.75) is 51.6 Å². The predicted octanol–water partition coefficient (Wildman–Crippen LogP) is 4.69. The molecule has 2 aromatic rings. The van der Waals surface area contributed by atoms with E-state index in [4.69, 9.17) is 5.10 Å². The number of carbonyl (C=O) groups excluding carboxylic acids is 1. The van der Waals surface area contributed by atoms with E-state index >= 15 is 0 Å². The molecule has 0 saturated carbocycles. The second-order valence-electron chi connectivity index (χ2n) is 8.21. The molecule has 2 aromatic carbocycles. The number of rotatable bonds is 4. The number of hydrogen-bond acceptors (Lipinski definition) is 3. The normalized spacial score (nSPS) is 22.6. The lowest BCUT2D eigenvalue weighted by Crippen LogP contribution is -2.44. The summed E-state index contributed by atoms with van der Waals surface area (Å²) in [5.41, 5.74) is 3.49. The Kier molecular flexibility index (Phi) is 5.76. The van der Waals surface area contributed by atoms with Gasteiger partial charge in [-0.15, -0.1) is 0 Å². The second-order valence-corrected chi connectivity index (χ2v) is 8.21. The minimum atomic E-state index is -0.403. The van der Waals surface area contributed by atoms with Crippen molar-refractivity contribution in [3.05, 3.63) is 71.0 Å². The summed E-state index contributed by atoms with van der Waals surface area (Å²) in [5, 5.41) is 6.22. The predicted molar refractivity (Wildman–Crippen MR) is 113 cm³/mol. The van der Waals surface area contributed by atoms with Gasteiger partial charge in [0.15, 0.2) is 0 Å². The molecule has 5 heteroatoms. The van der Waals surface area contributed by atoms with Gasteiger partial charge in [0.2, 0.25) is 0 Å². The molecule has 152 valence electrons. The van der Waals surface area contributed by atoms with Gasteiger partial charge in [0.25, 0.3) is 5.91 Å². The molecular formula is C24H28FN3O. The second kappa shape index (κ2) is 8.46. The van der Waals surface area contributed by atoms with E-state index in [0.29, 0.717) is 24.6 Å². The Labute approximate surface area is 172 Å². The number of hydrogen-bond donors (Lipinski definition) is 0. The van der Waals surface area contributed by atoms with Gasteiger partial charge >= 0.3 is 0 Å². The van der Waals surface area contributed by atoms with Crippen LogP contribution in [0.25, 0.3) is 0 Å². The van der Waals surface area contributed by atoms with Gasteiger partial charge in [-0.25, -0.2) is 9.40 Å². The van der Waals surface area contributed by atoms with Gasteiger partial charge in [0.05, 0.1) is 18.3 Å². The van der Waals surface area contributed by atoms with Gasteiger partial charge in [-0.3, -0.25) is 9.69 Å². The van der Waals surface area contributed by atoms with Crippen molar-refractivity contribution >= 4 is 11.6 Å². The lowest BCUT2D eigenvalue weighted by atomic mass is 9.97. The number of halogens is 1. The molecule has 29 heavy (non-hydrogen) atoms. The molecule has 0 N–H and O–H groups in total. The molecule has 0 bridgehead atoms. The molecule has 0 aromatic heterocycles. The molecule has 2 unspecified atom stereocenters. The van der Waals surface area contributed by atoms with Crippen molar-refractivity contribution in [3.63, 3.8) is 0 Å². The van der Waals surface area contributed by atoms with E-state index in [0.717, 1.165) is 36.2 Å². The van der Waals surface area contributed by atoms with Crippen LogP contribution in [0.15, 0.2) is 53.6 Å². The number of likely N-dealkylation sites (tertiary alicyclic amines) is 1. The monoisotopic (exact) mass is 393 g/mol. The molecule has 2 atom stereocenters. The van der Waals surface area contributed by atoms with E-state index in [2.05, 4.69) is 17.9 Å². The number of nitrogens with zero attached hydrogens (tertiary/aromatic N) is 3. The molecule has 1 fully saturated rings. The number of aryl methyl sites for hydroxylation is 1. The lowest BCUT2D eigenvalue weighted by Gasteiger charge is -2.34. The van der Waals surface area contributed by atoms with Crippen LogP contribution in [-0.4, -0.2) is 40.7 Å². The Morgan fingerprint density at radius 3 is 2.76 bits per heavy atom. The smallest absolute Gasteiger partial charge is 0.257 e. The highest BCUT2D eigenvalue weighted by Gasteiger charge is 2.35. The lowest BCUT2D eigenvalue weighted by molar-refractivity contribution is -0.135. The SMILES string of the molecule is Cc1cccc(C2=NN(C(=O)CN3CCCCC3C)C(c3ccccc3F)C2)c1. The van der Waals surface area contributed by atoms with E-state index in [1.165, 1.54) is 17.5 Å². The maximum atomic E-state index is 14.6. The van der Waals surface area contributed by atoms with Crippen molar-refractivity contribution < 1.29 is 9.18 Å². The van der Waals surface area contributed by atoms with Crippen molar-refractivity contribution in [1.29, 1.82) is 0 Å². The summed E-state index contributed by atoms with van der Waals surface area (Å²) in [6, 6.07) is 14.8. The molecule has 4 rings (SSSR count). The molecular weight excluding hydrogens is 365 g/mol. The number of amides is 1. The molecule has 1 saturated heterocycles. The van der Waals surface area contributed by atoms with Crippen LogP contribution >= 0.6 is 0 Å². The zero-order chi connectivity index (χ0) is 20.4. The maximum absolute atomic E-state index is 14.6. The molecule has 0 radical (unpaired) electrons. The average Bonchev–Trinajstić information content (AvgIpc) is 3.15. The largest absolute Gasteiger partial charge is 0.292 e. The molecule has 4 nitrogen and oxygen atoms in total. The summed E-state index contributed by atoms with van der Waals surface area (Å²) in [6.07, 6.45) is 3.96. The van der Waals surface area contributed by atoms with Crippen LogP contribution in [0.5, 0.6) is 0 Å². The highest BCUT2D eigenvalue weighted by Crippen LogP contribution is 2.34. The fraction of sp³-hybridized carbons (Fsp3) is 0.417. The molecule has 1 amide bonds. The molecule has 2 aliphatic heterocycles. The fourth-order valence-electron chi connectivity index (χ4n) is 4.37. The third kappa shape index (κ3) is 4.25. The van der Waals surface area contributed by atoms with Crippen molar-refractivity contribution in [1.82, 2.24) is 9.91 Å². The zero-order valence-corrected chi connectivity index (χ0v) is 17.1. The summed E-state index contributed by atoms with van der Waals surface area (Å²) in [4.78, 5) is 15.5. The van der Waals surface area contributed by atoms with E-state index < -0.39 is 6.04 Å². The van der Waals surface area contributed by atoms with E-state index in [-0.39, 0.29) is 11.7 Å². The quantitative estimate of drug-likeness (QED) is 0.756. The third-order valence-electron chi connectivity index (χ3n) is 6.06. The number of benzene rings is 2. The van der Waals surface area contributed by atoms with E-state index in [1.807, 2.05) is 31.2 Å². The molecule has 2 aliphatic rings. The summed E-state index contributed by atoms with van der Waals surface area (Å²) < 4.78 is 14.6. The Balaban J connectivity index is 1.63. The van der Waals surface area contributed by atoms with Gasteiger partial charge in [-0.05, 0) is 44.9 Å². The molecule has 0 spiro atoms. The first-order chi connectivity index (χ1) is 14.0. The first kappa shape index (κ1) is 19.8. The Hall–Kier alpha value is -2.53. The van der Waals surface area contributed by atoms with E-state index in [9.17, 15) is 9.18 Å². The first-order valence-electron chi connectivity index (χ1n) is 10.5. The minimum absolute atomic E-state index is 0.0605. The highest BCUT2D eigenvalue weighted by atomic mass is 19.1. The molecule has 0 aliphatic carbocycles. The van der Waals surface area contributed by atoms with Crippen molar-refractivity contribution in [2.75, 3.05) is 13.1 Å². The highest BCUT2D eigenvalue weighted by molar-refractivity contribution is 6.03. The Morgan fingerprint density at radius 2 is 2.00 bits per heavy atom. The van der Waals surface area contributed by atoms with Crippen molar-refractivity contribution in [3.8, 4) is 0 Å². The van der Waals surface area contributed by atoms with Gasteiger partial charge in [-0.1, -0.05) is 54.4 Å². The van der Waals surface area contributed by atoms with E-state index in [1.54, 1.807) is 12.1 Å². The fourth-order valence-corrected chi connectivity index (χ4v) is 4.37. The number of piperidine rings is 1. The topological polar surface area (TPSA) is 35.9 Å². The summed E-state index contributed by atoms with van der Waals surface area (Å²) >= 11 is 0. The van der Waals surface area contributed by atoms with Crippen molar-refractivity contribution in [2.24, 2.45) is 5.10 Å². The van der Waals surface area contributed by atoms with Gasteiger partial charge in [-0.2, -0.15) is 5.10 Å². The molecule has 2 heterocycles. The Bertz CT molecular complexity index is 926. The summed E-state index contributed by atoms with van der Waals surface area (Å²) in [7, 11) is 0. The van der Waals surface area contributed by atoms with Gasteiger partial charge in [0.1, 0.15) is 5.82 Å². The summed E-state index contributed by atoms with van der Waals surface area (Å²) in [6.45, 7) is 5.47. The minimum Gasteiger partial charge on any atom is -0.292 e. The van der Waals surface area contributed by atoms with Crippen LogP contribution in [0.1, 0.15) is 55.3 Å². The van der Waals surface area contributed by atoms with Crippen LogP contribution in [-0.2, 0) is 4.79 Å². The third-order valence-corrected chi connectivity index (χ3v) is 6.06. The number of hydrazone groups is 1. The van der Waals surface area contributed by atoms with Crippen LogP contribution < -0.4 is 0 Å². The Morgan fingerprint density at radius 1 is 1.17 bits per heavy atom. The zero-order valence-electron chi connectivity index (χ0n) is 17.1. The first-order valence-corrected chi connectivity index (χ1v) is 10.5. The number of carbonyl (C=O) groups is 1. The van der Waals surface area contributed by atoms with Crippen LogP contribution in [0, 0.1) is 12.7 Å². The van der Waals surface area contributed by atoms with Crippen LogP contribution in [0.4, 0.5) is 4.39 Å². The maximum Gasteiger partial charge on any atom is 0.257 e. The van der Waals surface area contributed by atoms with Gasteiger partial charge in [0, 0.05) is 18.0 Å². The van der Waals surface area contributed by atoms with Gasteiger partial charge < -0.3 is 0 Å². The average molecular weight is 394 g/mol. The van der Waals surface area contributed by atoms with Crippen LogP contribution in [0.2, 0.25) is 0 Å².